The lowest BCUT2D eigenvalue weighted by molar-refractivity contribution is 1.19. The lowest BCUT2D eigenvalue weighted by Gasteiger charge is -2.03. The second-order valence-electron chi connectivity index (χ2n) is 5.19. The van der Waals surface area contributed by atoms with Gasteiger partial charge >= 0.3 is 0 Å². The Kier molecular flexibility index (Phi) is 6.51. The molecule has 0 aliphatic rings. The van der Waals surface area contributed by atoms with E-state index in [-0.39, 0.29) is 0 Å². The quantitative estimate of drug-likeness (QED) is 0.368. The van der Waals surface area contributed by atoms with Crippen LogP contribution in [0.3, 0.4) is 0 Å². The Hall–Kier alpha value is -2.51. The normalized spacial score (nSPS) is 11.2. The van der Waals surface area contributed by atoms with Gasteiger partial charge in [-0.15, -0.1) is 0 Å². The summed E-state index contributed by atoms with van der Waals surface area (Å²) in [7, 11) is 0. The maximum atomic E-state index is 4.41. The van der Waals surface area contributed by atoms with Crippen molar-refractivity contribution in [1.82, 2.24) is 4.98 Å². The molecule has 3 aromatic rings. The third kappa shape index (κ3) is 5.24. The number of aromatic nitrogens is 1. The molecule has 2 aromatic carbocycles. The van der Waals surface area contributed by atoms with Crippen LogP contribution >= 0.6 is 31.9 Å². The third-order valence-corrected chi connectivity index (χ3v) is 4.77. The molecule has 0 saturated heterocycles. The van der Waals surface area contributed by atoms with Crippen LogP contribution in [-0.4, -0.2) is 17.4 Å². The minimum absolute atomic E-state index is 0.620. The summed E-state index contributed by atoms with van der Waals surface area (Å²) in [5.74, 6) is 1.24. The predicted octanol–water partition coefficient (Wildman–Crippen LogP) is 5.50. The van der Waals surface area contributed by atoms with E-state index in [4.69, 9.17) is 0 Å². The second-order valence-corrected chi connectivity index (χ2v) is 6.90. The van der Waals surface area contributed by atoms with Crippen molar-refractivity contribution in [3.8, 4) is 0 Å². The van der Waals surface area contributed by atoms with Crippen molar-refractivity contribution < 1.29 is 0 Å². The summed E-state index contributed by atoms with van der Waals surface area (Å²) in [6.45, 7) is 0. The first-order valence-electron chi connectivity index (χ1n) is 7.76. The molecule has 5 nitrogen and oxygen atoms in total. The van der Waals surface area contributed by atoms with Crippen LogP contribution in [0.1, 0.15) is 11.1 Å². The third-order valence-electron chi connectivity index (χ3n) is 3.33. The first-order valence-corrected chi connectivity index (χ1v) is 9.35. The summed E-state index contributed by atoms with van der Waals surface area (Å²) >= 11 is 6.97. The van der Waals surface area contributed by atoms with Gasteiger partial charge in [-0.05, 0) is 24.3 Å². The predicted molar refractivity (Wildman–Crippen MR) is 115 cm³/mol. The van der Waals surface area contributed by atoms with Crippen LogP contribution in [0.4, 0.5) is 11.6 Å². The molecule has 2 N–H and O–H groups in total. The average molecular weight is 473 g/mol. The molecule has 26 heavy (non-hydrogen) atoms. The molecule has 0 unspecified atom stereocenters. The van der Waals surface area contributed by atoms with Gasteiger partial charge in [0.15, 0.2) is 0 Å². The Balaban J connectivity index is 1.61. The molecule has 0 radical (unpaired) electrons. The van der Waals surface area contributed by atoms with Gasteiger partial charge in [0.05, 0.1) is 12.4 Å². The Morgan fingerprint density at radius 3 is 1.58 bits per heavy atom. The van der Waals surface area contributed by atoms with E-state index in [9.17, 15) is 0 Å². The highest BCUT2D eigenvalue weighted by Gasteiger charge is 1.97. The minimum atomic E-state index is 0.620. The molecule has 0 atom stereocenters. The molecule has 1 aromatic heterocycles. The Morgan fingerprint density at radius 1 is 0.654 bits per heavy atom. The number of anilines is 2. The molecular weight excluding hydrogens is 458 g/mol. The zero-order valence-corrected chi connectivity index (χ0v) is 16.8. The molecule has 0 aliphatic heterocycles. The van der Waals surface area contributed by atoms with Crippen LogP contribution in [0.2, 0.25) is 0 Å². The Labute approximate surface area is 168 Å². The van der Waals surface area contributed by atoms with Crippen molar-refractivity contribution in [2.24, 2.45) is 10.2 Å². The van der Waals surface area contributed by atoms with E-state index in [0.29, 0.717) is 11.6 Å². The van der Waals surface area contributed by atoms with Gasteiger partial charge < -0.3 is 0 Å². The average Bonchev–Trinajstić information content (AvgIpc) is 2.65. The molecule has 0 bridgehead atoms. The molecule has 0 fully saturated rings. The monoisotopic (exact) mass is 471 g/mol. The van der Waals surface area contributed by atoms with Crippen LogP contribution in [-0.2, 0) is 0 Å². The molecule has 0 amide bonds. The molecule has 3 rings (SSSR count). The van der Waals surface area contributed by atoms with Gasteiger partial charge in [0.1, 0.15) is 11.6 Å². The van der Waals surface area contributed by atoms with Crippen LogP contribution < -0.4 is 10.9 Å². The van der Waals surface area contributed by atoms with E-state index in [1.165, 1.54) is 0 Å². The van der Waals surface area contributed by atoms with E-state index in [0.717, 1.165) is 20.1 Å². The molecule has 0 spiro atoms. The lowest BCUT2D eigenvalue weighted by atomic mass is 10.2. The molecule has 7 heteroatoms. The maximum Gasteiger partial charge on any atom is 0.148 e. The molecule has 1 heterocycles. The standard InChI is InChI=1S/C19H15Br2N5/c20-16-8-3-1-6-14(16)12-22-25-18-10-5-11-19(24-18)26-23-13-15-7-2-4-9-17(15)21/h1-13H,(H2,24,25,26)/b22-12-,23-13-. The van der Waals surface area contributed by atoms with Crippen LogP contribution in [0.25, 0.3) is 0 Å². The van der Waals surface area contributed by atoms with Crippen molar-refractivity contribution in [1.29, 1.82) is 0 Å². The van der Waals surface area contributed by atoms with Crippen molar-refractivity contribution in [2.75, 3.05) is 10.9 Å². The summed E-state index contributed by atoms with van der Waals surface area (Å²) in [6, 6.07) is 21.2. The number of rotatable bonds is 6. The number of nitrogens with zero attached hydrogens (tertiary/aromatic N) is 3. The SMILES string of the molecule is Brc1ccccc1/C=N\Nc1cccc(N/N=C\c2ccccc2Br)n1. The number of pyridine rings is 1. The number of hydrogen-bond donors (Lipinski definition) is 2. The number of hydrogen-bond acceptors (Lipinski definition) is 5. The zero-order valence-electron chi connectivity index (χ0n) is 13.6. The van der Waals surface area contributed by atoms with Gasteiger partial charge in [0.25, 0.3) is 0 Å². The highest BCUT2D eigenvalue weighted by molar-refractivity contribution is 9.10. The summed E-state index contributed by atoms with van der Waals surface area (Å²) in [4.78, 5) is 4.41. The lowest BCUT2D eigenvalue weighted by Crippen LogP contribution is -1.98. The van der Waals surface area contributed by atoms with Crippen LogP contribution in [0.15, 0.2) is 85.9 Å². The fraction of sp³-hybridized carbons (Fsp3) is 0. The fourth-order valence-electron chi connectivity index (χ4n) is 2.05. The number of hydrazone groups is 2. The first-order chi connectivity index (χ1) is 12.7. The van der Waals surface area contributed by atoms with Crippen molar-refractivity contribution in [3.63, 3.8) is 0 Å². The Morgan fingerprint density at radius 2 is 1.12 bits per heavy atom. The fourth-order valence-corrected chi connectivity index (χ4v) is 2.83. The van der Waals surface area contributed by atoms with Crippen molar-refractivity contribution in [2.45, 2.75) is 0 Å². The number of halogens is 2. The zero-order chi connectivity index (χ0) is 18.2. The maximum absolute atomic E-state index is 4.41. The van der Waals surface area contributed by atoms with Crippen molar-refractivity contribution in [3.05, 3.63) is 86.8 Å². The van der Waals surface area contributed by atoms with Gasteiger partial charge in [-0.25, -0.2) is 4.98 Å². The van der Waals surface area contributed by atoms with E-state index in [1.807, 2.05) is 66.7 Å². The molecule has 0 aliphatic carbocycles. The van der Waals surface area contributed by atoms with Crippen LogP contribution in [0.5, 0.6) is 0 Å². The minimum Gasteiger partial charge on any atom is -0.261 e. The summed E-state index contributed by atoms with van der Waals surface area (Å²) in [6.07, 6.45) is 3.47. The summed E-state index contributed by atoms with van der Waals surface area (Å²) in [5, 5.41) is 8.43. The summed E-state index contributed by atoms with van der Waals surface area (Å²) < 4.78 is 1.96. The highest BCUT2D eigenvalue weighted by Crippen LogP contribution is 2.15. The topological polar surface area (TPSA) is 61.7 Å². The second kappa shape index (κ2) is 9.26. The van der Waals surface area contributed by atoms with E-state index >= 15 is 0 Å². The largest absolute Gasteiger partial charge is 0.261 e. The molecular formula is C19H15Br2N5. The van der Waals surface area contributed by atoms with Gasteiger partial charge in [0, 0.05) is 20.1 Å². The Bertz CT molecular complexity index is 868. The van der Waals surface area contributed by atoms with Gasteiger partial charge in [-0.3, -0.25) is 10.9 Å². The number of benzene rings is 2. The smallest absolute Gasteiger partial charge is 0.148 e. The van der Waals surface area contributed by atoms with Gasteiger partial charge in [0.2, 0.25) is 0 Å². The van der Waals surface area contributed by atoms with E-state index in [1.54, 1.807) is 12.4 Å². The van der Waals surface area contributed by atoms with Crippen LogP contribution in [0, 0.1) is 0 Å². The van der Waals surface area contributed by atoms with E-state index in [2.05, 4.69) is 57.9 Å². The van der Waals surface area contributed by atoms with Gasteiger partial charge in [-0.1, -0.05) is 74.3 Å². The molecule has 0 saturated carbocycles. The van der Waals surface area contributed by atoms with E-state index < -0.39 is 0 Å². The highest BCUT2D eigenvalue weighted by atomic mass is 79.9. The molecule has 130 valence electrons. The van der Waals surface area contributed by atoms with Crippen molar-refractivity contribution >= 4 is 55.9 Å². The first kappa shape index (κ1) is 18.3. The number of nitrogens with one attached hydrogen (secondary N) is 2. The van der Waals surface area contributed by atoms with Gasteiger partial charge in [-0.2, -0.15) is 10.2 Å². The summed E-state index contributed by atoms with van der Waals surface area (Å²) in [5.41, 5.74) is 7.79.